The summed E-state index contributed by atoms with van der Waals surface area (Å²) in [5, 5.41) is 19.0. The van der Waals surface area contributed by atoms with Crippen LogP contribution in [0.15, 0.2) is 18.2 Å². The molecule has 0 saturated heterocycles. The third-order valence-corrected chi connectivity index (χ3v) is 3.24. The molecule has 1 fully saturated rings. The minimum Gasteiger partial charge on any atom is -0.395 e. The van der Waals surface area contributed by atoms with Gasteiger partial charge in [0.25, 0.3) is 0 Å². The Balaban J connectivity index is 2.32. The highest BCUT2D eigenvalue weighted by molar-refractivity contribution is 6.31. The second-order valence-electron chi connectivity index (χ2n) is 4.04. The molecule has 2 N–H and O–H groups in total. The smallest absolute Gasteiger partial charge is 0.0716 e. The number of hydrogen-bond acceptors (Lipinski definition) is 3. The number of anilines is 1. The van der Waals surface area contributed by atoms with Crippen molar-refractivity contribution in [1.82, 2.24) is 0 Å². The Morgan fingerprint density at radius 2 is 2.06 bits per heavy atom. The minimum atomic E-state index is -0.0658. The Hall–Kier alpha value is -0.770. The Labute approximate surface area is 100 Å². The van der Waals surface area contributed by atoms with E-state index >= 15 is 0 Å². The van der Waals surface area contributed by atoms with Gasteiger partial charge in [0.15, 0.2) is 0 Å². The van der Waals surface area contributed by atoms with Gasteiger partial charge < -0.3 is 15.1 Å². The zero-order valence-electron chi connectivity index (χ0n) is 9.06. The van der Waals surface area contributed by atoms with Crippen molar-refractivity contribution in [2.75, 3.05) is 18.1 Å². The number of halogens is 1. The molecular formula is C12H16ClNO2. The van der Waals surface area contributed by atoms with Gasteiger partial charge >= 0.3 is 0 Å². The Bertz CT molecular complexity index is 366. The molecule has 88 valence electrons. The normalized spacial score (nSPS) is 15.2. The zero-order chi connectivity index (χ0) is 11.5. The van der Waals surface area contributed by atoms with Gasteiger partial charge in [0.1, 0.15) is 0 Å². The highest BCUT2D eigenvalue weighted by atomic mass is 35.5. The van der Waals surface area contributed by atoms with E-state index in [0.29, 0.717) is 17.6 Å². The van der Waals surface area contributed by atoms with Gasteiger partial charge in [-0.3, -0.25) is 0 Å². The summed E-state index contributed by atoms with van der Waals surface area (Å²) in [5.74, 6) is 0. The van der Waals surface area contributed by atoms with Crippen molar-refractivity contribution in [3.63, 3.8) is 0 Å². The van der Waals surface area contributed by atoms with E-state index in [1.54, 1.807) is 6.07 Å². The topological polar surface area (TPSA) is 43.7 Å². The van der Waals surface area contributed by atoms with Crippen LogP contribution in [0.3, 0.4) is 0 Å². The minimum absolute atomic E-state index is 0.0658. The number of hydrogen-bond donors (Lipinski definition) is 2. The first kappa shape index (κ1) is 11.7. The Kier molecular flexibility index (Phi) is 3.69. The standard InChI is InChI=1S/C12H16ClNO2/c13-11-2-1-3-12(10(11)8-16)14(6-7-15)9-4-5-9/h1-3,9,15-16H,4-8H2. The number of aliphatic hydroxyl groups excluding tert-OH is 2. The maximum absolute atomic E-state index is 9.34. The maximum Gasteiger partial charge on any atom is 0.0716 e. The van der Waals surface area contributed by atoms with Crippen LogP contribution >= 0.6 is 11.6 Å². The molecular weight excluding hydrogens is 226 g/mol. The van der Waals surface area contributed by atoms with Crippen LogP contribution in [0.25, 0.3) is 0 Å². The molecule has 0 heterocycles. The molecule has 0 aliphatic heterocycles. The summed E-state index contributed by atoms with van der Waals surface area (Å²) >= 11 is 6.05. The van der Waals surface area contributed by atoms with Gasteiger partial charge in [0, 0.05) is 28.9 Å². The van der Waals surface area contributed by atoms with Gasteiger partial charge in [-0.1, -0.05) is 17.7 Å². The molecule has 2 rings (SSSR count). The quantitative estimate of drug-likeness (QED) is 0.826. The molecule has 16 heavy (non-hydrogen) atoms. The molecule has 1 aromatic carbocycles. The van der Waals surface area contributed by atoms with E-state index < -0.39 is 0 Å². The molecule has 0 atom stereocenters. The van der Waals surface area contributed by atoms with E-state index in [9.17, 15) is 5.11 Å². The van der Waals surface area contributed by atoms with Crippen molar-refractivity contribution in [3.05, 3.63) is 28.8 Å². The molecule has 3 nitrogen and oxygen atoms in total. The molecule has 0 bridgehead atoms. The summed E-state index contributed by atoms with van der Waals surface area (Å²) in [6.07, 6.45) is 2.30. The number of aliphatic hydroxyl groups is 2. The summed E-state index contributed by atoms with van der Waals surface area (Å²) in [6, 6.07) is 6.10. The van der Waals surface area contributed by atoms with Crippen molar-refractivity contribution >= 4 is 17.3 Å². The van der Waals surface area contributed by atoms with Crippen molar-refractivity contribution in [3.8, 4) is 0 Å². The average Bonchev–Trinajstić information content (AvgIpc) is 3.09. The molecule has 0 radical (unpaired) electrons. The van der Waals surface area contributed by atoms with E-state index in [1.807, 2.05) is 12.1 Å². The molecule has 1 saturated carbocycles. The number of nitrogens with zero attached hydrogens (tertiary/aromatic N) is 1. The SMILES string of the molecule is OCCN(c1cccc(Cl)c1CO)C1CC1. The van der Waals surface area contributed by atoms with Gasteiger partial charge in [0.05, 0.1) is 13.2 Å². The van der Waals surface area contributed by atoms with E-state index in [-0.39, 0.29) is 13.2 Å². The lowest BCUT2D eigenvalue weighted by Gasteiger charge is -2.26. The first-order chi connectivity index (χ1) is 7.77. The van der Waals surface area contributed by atoms with Gasteiger partial charge in [-0.2, -0.15) is 0 Å². The molecule has 1 aliphatic rings. The van der Waals surface area contributed by atoms with Crippen LogP contribution < -0.4 is 4.90 Å². The fourth-order valence-corrected chi connectivity index (χ4v) is 2.20. The van der Waals surface area contributed by atoms with Crippen LogP contribution in [0.1, 0.15) is 18.4 Å². The molecule has 1 aliphatic carbocycles. The molecule has 4 heteroatoms. The second kappa shape index (κ2) is 5.04. The van der Waals surface area contributed by atoms with Gasteiger partial charge in [-0.25, -0.2) is 0 Å². The monoisotopic (exact) mass is 241 g/mol. The predicted molar refractivity (Wildman–Crippen MR) is 64.8 cm³/mol. The predicted octanol–water partition coefficient (Wildman–Crippen LogP) is 1.79. The second-order valence-corrected chi connectivity index (χ2v) is 4.45. The van der Waals surface area contributed by atoms with Crippen molar-refractivity contribution in [2.24, 2.45) is 0 Å². The summed E-state index contributed by atoms with van der Waals surface area (Å²) in [4.78, 5) is 2.14. The summed E-state index contributed by atoms with van der Waals surface area (Å²) in [7, 11) is 0. The third-order valence-electron chi connectivity index (χ3n) is 2.89. The van der Waals surface area contributed by atoms with Gasteiger partial charge in [-0.15, -0.1) is 0 Å². The Morgan fingerprint density at radius 3 is 2.62 bits per heavy atom. The van der Waals surface area contributed by atoms with E-state index in [0.717, 1.165) is 24.1 Å². The lowest BCUT2D eigenvalue weighted by molar-refractivity contribution is 0.280. The van der Waals surface area contributed by atoms with Crippen LogP contribution in [0.5, 0.6) is 0 Å². The summed E-state index contributed by atoms with van der Waals surface area (Å²) in [5.41, 5.74) is 1.70. The van der Waals surface area contributed by atoms with Gasteiger partial charge in [-0.05, 0) is 25.0 Å². The lowest BCUT2D eigenvalue weighted by Crippen LogP contribution is -2.29. The lowest BCUT2D eigenvalue weighted by atomic mass is 10.1. The van der Waals surface area contributed by atoms with E-state index in [2.05, 4.69) is 4.90 Å². The van der Waals surface area contributed by atoms with Crippen LogP contribution in [0.4, 0.5) is 5.69 Å². The first-order valence-electron chi connectivity index (χ1n) is 5.53. The number of rotatable bonds is 5. The van der Waals surface area contributed by atoms with Gasteiger partial charge in [0.2, 0.25) is 0 Å². The van der Waals surface area contributed by atoms with Crippen LogP contribution in [-0.4, -0.2) is 29.4 Å². The van der Waals surface area contributed by atoms with Crippen LogP contribution in [0.2, 0.25) is 5.02 Å². The first-order valence-corrected chi connectivity index (χ1v) is 5.91. The third kappa shape index (κ3) is 2.32. The molecule has 0 aromatic heterocycles. The molecule has 0 amide bonds. The average molecular weight is 242 g/mol. The van der Waals surface area contributed by atoms with Crippen LogP contribution in [0, 0.1) is 0 Å². The fourth-order valence-electron chi connectivity index (χ4n) is 1.97. The summed E-state index contributed by atoms with van der Waals surface area (Å²) in [6.45, 7) is 0.648. The maximum atomic E-state index is 9.34. The van der Waals surface area contributed by atoms with Crippen LogP contribution in [-0.2, 0) is 6.61 Å². The molecule has 1 aromatic rings. The molecule has 0 spiro atoms. The number of benzene rings is 1. The zero-order valence-corrected chi connectivity index (χ0v) is 9.82. The highest BCUT2D eigenvalue weighted by Gasteiger charge is 2.30. The highest BCUT2D eigenvalue weighted by Crippen LogP contribution is 2.35. The van der Waals surface area contributed by atoms with Crippen molar-refractivity contribution in [2.45, 2.75) is 25.5 Å². The molecule has 0 unspecified atom stereocenters. The fraction of sp³-hybridized carbons (Fsp3) is 0.500. The summed E-state index contributed by atoms with van der Waals surface area (Å²) < 4.78 is 0. The van der Waals surface area contributed by atoms with E-state index in [4.69, 9.17) is 16.7 Å². The van der Waals surface area contributed by atoms with E-state index in [1.165, 1.54) is 0 Å². The largest absolute Gasteiger partial charge is 0.395 e. The van der Waals surface area contributed by atoms with Crippen molar-refractivity contribution < 1.29 is 10.2 Å². The van der Waals surface area contributed by atoms with Crippen molar-refractivity contribution in [1.29, 1.82) is 0 Å². The Morgan fingerprint density at radius 1 is 1.31 bits per heavy atom.